The third-order valence-corrected chi connectivity index (χ3v) is 8.53. The van der Waals surface area contributed by atoms with Gasteiger partial charge in [0.05, 0.1) is 6.61 Å². The van der Waals surface area contributed by atoms with E-state index in [0.29, 0.717) is 6.42 Å². The van der Waals surface area contributed by atoms with Crippen molar-refractivity contribution in [2.24, 2.45) is 0 Å². The molecule has 2 atom stereocenters. The molecule has 122 valence electrons. The molecule has 0 radical (unpaired) electrons. The molecule has 7 nitrogen and oxygen atoms in total. The normalized spacial score (nSPS) is 18.5. The van der Waals surface area contributed by atoms with E-state index < -0.39 is 20.3 Å². The first kappa shape index (κ1) is 20.3. The van der Waals surface area contributed by atoms with E-state index in [9.17, 15) is 14.2 Å². The highest BCUT2D eigenvalue weighted by Gasteiger charge is 2.60. The Morgan fingerprint density at radius 2 is 1.45 bits per heavy atom. The minimum atomic E-state index is -4.06. The minimum Gasteiger partial charge on any atom is -0.368 e. The molecule has 0 rings (SSSR count). The van der Waals surface area contributed by atoms with E-state index in [0.717, 1.165) is 47.5 Å². The first-order valence-electron chi connectivity index (χ1n) is 6.49. The summed E-state index contributed by atoms with van der Waals surface area (Å²) < 4.78 is 44.3. The van der Waals surface area contributed by atoms with Crippen LogP contribution < -0.4 is 0 Å². The Balaban J connectivity index is 4.93. The lowest BCUT2D eigenvalue weighted by atomic mass is 10.2. The molecule has 0 saturated heterocycles. The zero-order valence-corrected chi connectivity index (χ0v) is 14.6. The van der Waals surface area contributed by atoms with Crippen LogP contribution >= 0.6 is 15.2 Å². The minimum absolute atomic E-state index is 0.134. The van der Waals surface area contributed by atoms with Crippen molar-refractivity contribution < 1.29 is 32.3 Å². The summed E-state index contributed by atoms with van der Waals surface area (Å²) in [5.41, 5.74) is 0. The van der Waals surface area contributed by atoms with Crippen molar-refractivity contribution in [1.29, 1.82) is 0 Å². The molecule has 2 unspecified atom stereocenters. The maximum atomic E-state index is 12.6. The van der Waals surface area contributed by atoms with Crippen LogP contribution in [-0.2, 0) is 27.2 Å². The van der Waals surface area contributed by atoms with Crippen LogP contribution in [0.3, 0.4) is 0 Å². The molecule has 0 heterocycles. The van der Waals surface area contributed by atoms with Crippen LogP contribution in [0.2, 0.25) is 0 Å². The van der Waals surface area contributed by atoms with Gasteiger partial charge in [0.2, 0.25) is 0 Å². The second-order valence-corrected chi connectivity index (χ2v) is 9.85. The summed E-state index contributed by atoms with van der Waals surface area (Å²) in [7, 11) is -4.79. The van der Waals surface area contributed by atoms with Crippen molar-refractivity contribution in [3.8, 4) is 0 Å². The summed E-state index contributed by atoms with van der Waals surface area (Å²) in [5, 5.41) is 7.96. The Morgan fingerprint density at radius 3 is 1.85 bits per heavy atom. The average molecular weight is 332 g/mol. The summed E-state index contributed by atoms with van der Waals surface area (Å²) >= 11 is 0. The highest BCUT2D eigenvalue weighted by atomic mass is 31.2. The van der Waals surface area contributed by atoms with Crippen molar-refractivity contribution in [3.05, 3.63) is 0 Å². The highest BCUT2D eigenvalue weighted by molar-refractivity contribution is 7.73. The van der Waals surface area contributed by atoms with Crippen LogP contribution in [0, 0.1) is 0 Å². The first-order chi connectivity index (χ1) is 9.24. The van der Waals surface area contributed by atoms with Gasteiger partial charge in [-0.15, -0.1) is 0 Å². The molecular formula is C11H26O7P2. The molecule has 0 fully saturated rings. The van der Waals surface area contributed by atoms with Gasteiger partial charge in [-0.3, -0.25) is 9.13 Å². The lowest BCUT2D eigenvalue weighted by Crippen LogP contribution is -2.28. The molecule has 0 saturated carbocycles. The summed E-state index contributed by atoms with van der Waals surface area (Å²) in [6, 6.07) is 0. The van der Waals surface area contributed by atoms with Gasteiger partial charge in [-0.1, -0.05) is 26.2 Å². The third kappa shape index (κ3) is 4.38. The predicted molar refractivity (Wildman–Crippen MR) is 77.0 cm³/mol. The van der Waals surface area contributed by atoms with Gasteiger partial charge in [-0.05, 0) is 13.3 Å². The van der Waals surface area contributed by atoms with Gasteiger partial charge in [0.25, 0.3) is 5.08 Å². The van der Waals surface area contributed by atoms with Gasteiger partial charge < -0.3 is 23.2 Å². The Morgan fingerprint density at radius 1 is 0.950 bits per heavy atom. The maximum absolute atomic E-state index is 12.6. The summed E-state index contributed by atoms with van der Waals surface area (Å²) in [6.45, 7) is 3.27. The quantitative estimate of drug-likeness (QED) is 0.457. The largest absolute Gasteiger partial charge is 0.373 e. The Labute approximate surface area is 121 Å². The Bertz CT molecular complexity index is 362. The average Bonchev–Trinajstić information content (AvgIpc) is 2.45. The van der Waals surface area contributed by atoms with E-state index in [-0.39, 0.29) is 6.61 Å². The monoisotopic (exact) mass is 332 g/mol. The van der Waals surface area contributed by atoms with Crippen LogP contribution in [0.4, 0.5) is 0 Å². The third-order valence-electron chi connectivity index (χ3n) is 3.02. The predicted octanol–water partition coefficient (Wildman–Crippen LogP) is 3.57. The molecule has 0 amide bonds. The molecule has 0 spiro atoms. The van der Waals surface area contributed by atoms with Crippen LogP contribution in [0.25, 0.3) is 0 Å². The molecule has 0 aromatic carbocycles. The van der Waals surface area contributed by atoms with E-state index >= 15 is 0 Å². The van der Waals surface area contributed by atoms with Crippen LogP contribution in [0.15, 0.2) is 0 Å². The van der Waals surface area contributed by atoms with E-state index in [2.05, 4.69) is 6.92 Å². The number of hydrogen-bond donors (Lipinski definition) is 1. The summed E-state index contributed by atoms with van der Waals surface area (Å²) in [6.07, 6.45) is 3.67. The fourth-order valence-electron chi connectivity index (χ4n) is 1.63. The molecule has 9 heteroatoms. The first-order valence-corrected chi connectivity index (χ1v) is 9.57. The number of aliphatic hydroxyl groups is 1. The van der Waals surface area contributed by atoms with Gasteiger partial charge >= 0.3 is 15.2 Å². The standard InChI is InChI=1S/C11H26O7P2/c1-6-7-8-9-10-18-20(14,17-5)11(2,12)19(13,15-3)16-4/h12H,6-10H2,1-5H3. The lowest BCUT2D eigenvalue weighted by molar-refractivity contribution is 0.107. The summed E-state index contributed by atoms with van der Waals surface area (Å²) in [5.74, 6) is 0. The molecule has 0 aliphatic rings. The Kier molecular flexibility index (Phi) is 8.75. The SMILES string of the molecule is CCCCCCOP(=O)(OC)C(C)(O)P(=O)(OC)OC. The van der Waals surface area contributed by atoms with Crippen molar-refractivity contribution in [1.82, 2.24) is 0 Å². The van der Waals surface area contributed by atoms with Crippen molar-refractivity contribution >= 4 is 15.2 Å². The number of hydrogen-bond acceptors (Lipinski definition) is 7. The van der Waals surface area contributed by atoms with Crippen molar-refractivity contribution in [2.45, 2.75) is 44.6 Å². The van der Waals surface area contributed by atoms with Crippen LogP contribution in [0.5, 0.6) is 0 Å². The van der Waals surface area contributed by atoms with E-state index in [1.54, 1.807) is 0 Å². The smallest absolute Gasteiger partial charge is 0.368 e. The second-order valence-electron chi connectivity index (χ2n) is 4.41. The van der Waals surface area contributed by atoms with Crippen LogP contribution in [-0.4, -0.2) is 38.1 Å². The topological polar surface area (TPSA) is 91.3 Å². The van der Waals surface area contributed by atoms with Gasteiger partial charge in [0.1, 0.15) is 0 Å². The molecule has 0 aromatic heterocycles. The van der Waals surface area contributed by atoms with Crippen molar-refractivity contribution in [2.75, 3.05) is 27.9 Å². The molecule has 0 aromatic rings. The zero-order valence-electron chi connectivity index (χ0n) is 12.8. The van der Waals surface area contributed by atoms with Gasteiger partial charge in [-0.25, -0.2) is 0 Å². The fraction of sp³-hybridized carbons (Fsp3) is 1.00. The zero-order chi connectivity index (χ0) is 15.9. The van der Waals surface area contributed by atoms with Gasteiger partial charge in [-0.2, -0.15) is 0 Å². The van der Waals surface area contributed by atoms with Gasteiger partial charge in [0, 0.05) is 21.3 Å². The molecule has 20 heavy (non-hydrogen) atoms. The fourth-order valence-corrected chi connectivity index (χ4v) is 5.65. The van der Waals surface area contributed by atoms with Crippen molar-refractivity contribution in [3.63, 3.8) is 0 Å². The number of rotatable bonds is 11. The highest BCUT2D eigenvalue weighted by Crippen LogP contribution is 2.75. The molecule has 1 N–H and O–H groups in total. The molecule has 0 aliphatic carbocycles. The van der Waals surface area contributed by atoms with Gasteiger partial charge in [0.15, 0.2) is 0 Å². The molecular weight excluding hydrogens is 306 g/mol. The second kappa shape index (κ2) is 8.64. The molecule has 0 bridgehead atoms. The lowest BCUT2D eigenvalue weighted by Gasteiger charge is -2.34. The van der Waals surface area contributed by atoms with E-state index in [1.807, 2.05) is 0 Å². The van der Waals surface area contributed by atoms with E-state index in [4.69, 9.17) is 18.1 Å². The number of unbranched alkanes of at least 4 members (excludes halogenated alkanes) is 3. The van der Waals surface area contributed by atoms with E-state index in [1.165, 1.54) is 0 Å². The summed E-state index contributed by atoms with van der Waals surface area (Å²) in [4.78, 5) is 0. The maximum Gasteiger partial charge on any atom is 0.373 e. The Hall–Kier alpha value is 0.260. The van der Waals surface area contributed by atoms with Crippen LogP contribution in [0.1, 0.15) is 39.5 Å². The molecule has 0 aliphatic heterocycles.